The lowest BCUT2D eigenvalue weighted by Crippen LogP contribution is -2.31. The van der Waals surface area contributed by atoms with Crippen molar-refractivity contribution in [2.75, 3.05) is 23.7 Å². The van der Waals surface area contributed by atoms with E-state index < -0.39 is 5.60 Å². The minimum atomic E-state index is -0.482. The standard InChI is InChI=1S/C19H26N4O2S/c1-19(2,3)25-16(24)14-26-18-21-20-17(22-12-8-5-9-13-22)23(18)15-10-6-4-7-11-15/h4,6-7,10-11H,5,8-9,12-14H2,1-3H3. The highest BCUT2D eigenvalue weighted by Gasteiger charge is 2.23. The van der Waals surface area contributed by atoms with E-state index in [1.54, 1.807) is 0 Å². The third-order valence-electron chi connectivity index (χ3n) is 4.01. The topological polar surface area (TPSA) is 60.2 Å². The third-order valence-corrected chi connectivity index (χ3v) is 4.91. The molecule has 1 aromatic heterocycles. The SMILES string of the molecule is CC(C)(C)OC(=O)CSc1nnc(N2CCCCC2)n1-c1ccccc1. The van der Waals surface area contributed by atoms with E-state index in [1.807, 2.05) is 55.7 Å². The summed E-state index contributed by atoms with van der Waals surface area (Å²) in [4.78, 5) is 14.4. The first-order valence-electron chi connectivity index (χ1n) is 9.04. The van der Waals surface area contributed by atoms with Crippen molar-refractivity contribution < 1.29 is 9.53 Å². The van der Waals surface area contributed by atoms with Gasteiger partial charge in [-0.2, -0.15) is 0 Å². The largest absolute Gasteiger partial charge is 0.459 e. The van der Waals surface area contributed by atoms with Gasteiger partial charge in [-0.25, -0.2) is 0 Å². The maximum Gasteiger partial charge on any atom is 0.316 e. The number of esters is 1. The molecule has 2 heterocycles. The molecule has 140 valence electrons. The van der Waals surface area contributed by atoms with Crippen molar-refractivity contribution >= 4 is 23.7 Å². The highest BCUT2D eigenvalue weighted by molar-refractivity contribution is 7.99. The van der Waals surface area contributed by atoms with E-state index in [0.717, 1.165) is 24.7 Å². The molecule has 26 heavy (non-hydrogen) atoms. The van der Waals surface area contributed by atoms with Gasteiger partial charge in [0, 0.05) is 13.1 Å². The molecule has 0 radical (unpaired) electrons. The normalized spacial score (nSPS) is 15.1. The lowest BCUT2D eigenvalue weighted by molar-refractivity contribution is -0.151. The number of aromatic nitrogens is 3. The summed E-state index contributed by atoms with van der Waals surface area (Å²) in [5.74, 6) is 0.814. The third kappa shape index (κ3) is 4.78. The van der Waals surface area contributed by atoms with Crippen LogP contribution in [0.25, 0.3) is 5.69 Å². The van der Waals surface area contributed by atoms with E-state index in [4.69, 9.17) is 4.74 Å². The highest BCUT2D eigenvalue weighted by Crippen LogP contribution is 2.28. The van der Waals surface area contributed by atoms with Crippen LogP contribution < -0.4 is 4.90 Å². The molecule has 0 spiro atoms. The first-order chi connectivity index (χ1) is 12.4. The van der Waals surface area contributed by atoms with Crippen LogP contribution >= 0.6 is 11.8 Å². The molecule has 1 fully saturated rings. The van der Waals surface area contributed by atoms with Gasteiger partial charge in [0.2, 0.25) is 5.95 Å². The molecule has 1 aliphatic heterocycles. The Morgan fingerprint density at radius 2 is 1.81 bits per heavy atom. The Kier molecular flexibility index (Phi) is 5.86. The van der Waals surface area contributed by atoms with E-state index in [-0.39, 0.29) is 11.7 Å². The van der Waals surface area contributed by atoms with Crippen molar-refractivity contribution in [2.24, 2.45) is 0 Å². The average molecular weight is 375 g/mol. The molecule has 0 bridgehead atoms. The summed E-state index contributed by atoms with van der Waals surface area (Å²) in [6.07, 6.45) is 3.60. The maximum atomic E-state index is 12.1. The number of hydrogen-bond acceptors (Lipinski definition) is 6. The molecule has 1 saturated heterocycles. The van der Waals surface area contributed by atoms with Crippen LogP contribution in [0.2, 0.25) is 0 Å². The van der Waals surface area contributed by atoms with E-state index in [1.165, 1.54) is 31.0 Å². The summed E-state index contributed by atoms with van der Waals surface area (Å²) < 4.78 is 7.44. The van der Waals surface area contributed by atoms with E-state index in [2.05, 4.69) is 15.1 Å². The van der Waals surface area contributed by atoms with Crippen molar-refractivity contribution in [1.29, 1.82) is 0 Å². The molecule has 7 heteroatoms. The van der Waals surface area contributed by atoms with Gasteiger partial charge < -0.3 is 9.64 Å². The first kappa shape index (κ1) is 18.8. The Balaban J connectivity index is 1.83. The van der Waals surface area contributed by atoms with E-state index in [9.17, 15) is 4.79 Å². The van der Waals surface area contributed by atoms with Gasteiger partial charge in [0.15, 0.2) is 5.16 Å². The molecule has 6 nitrogen and oxygen atoms in total. The molecule has 1 aliphatic rings. The van der Waals surface area contributed by atoms with E-state index in [0.29, 0.717) is 5.16 Å². The number of piperidine rings is 1. The number of carbonyl (C=O) groups is 1. The number of anilines is 1. The summed E-state index contributed by atoms with van der Waals surface area (Å²) in [7, 11) is 0. The molecule has 0 aliphatic carbocycles. The second kappa shape index (κ2) is 8.12. The minimum Gasteiger partial charge on any atom is -0.459 e. The summed E-state index contributed by atoms with van der Waals surface area (Å²) in [6, 6.07) is 10.1. The number of carbonyl (C=O) groups excluding carboxylic acids is 1. The Morgan fingerprint density at radius 3 is 2.46 bits per heavy atom. The zero-order chi connectivity index (χ0) is 18.6. The minimum absolute atomic E-state index is 0.211. The van der Waals surface area contributed by atoms with Crippen molar-refractivity contribution in [1.82, 2.24) is 14.8 Å². The summed E-state index contributed by atoms with van der Waals surface area (Å²) >= 11 is 1.36. The van der Waals surface area contributed by atoms with Crippen molar-refractivity contribution in [3.05, 3.63) is 30.3 Å². The van der Waals surface area contributed by atoms with Crippen LogP contribution in [0, 0.1) is 0 Å². The fraction of sp³-hybridized carbons (Fsp3) is 0.526. The van der Waals surface area contributed by atoms with Gasteiger partial charge >= 0.3 is 5.97 Å². The summed E-state index contributed by atoms with van der Waals surface area (Å²) in [5, 5.41) is 9.51. The van der Waals surface area contributed by atoms with Crippen LogP contribution in [0.3, 0.4) is 0 Å². The van der Waals surface area contributed by atoms with Crippen LogP contribution in [0.4, 0.5) is 5.95 Å². The van der Waals surface area contributed by atoms with Crippen LogP contribution in [0.1, 0.15) is 40.0 Å². The van der Waals surface area contributed by atoms with Crippen molar-refractivity contribution in [3.8, 4) is 5.69 Å². The molecule has 0 saturated carbocycles. The highest BCUT2D eigenvalue weighted by atomic mass is 32.2. The second-order valence-corrected chi connectivity index (χ2v) is 8.32. The van der Waals surface area contributed by atoms with Gasteiger partial charge in [0.05, 0.1) is 11.4 Å². The zero-order valence-corrected chi connectivity index (χ0v) is 16.5. The molecule has 0 amide bonds. The molecule has 0 N–H and O–H groups in total. The molecule has 3 rings (SSSR count). The number of nitrogens with zero attached hydrogens (tertiary/aromatic N) is 4. The van der Waals surface area contributed by atoms with Crippen molar-refractivity contribution in [3.63, 3.8) is 0 Å². The molecule has 0 unspecified atom stereocenters. The van der Waals surface area contributed by atoms with Gasteiger partial charge in [0.1, 0.15) is 5.60 Å². The number of thioether (sulfide) groups is 1. The molecule has 2 aromatic rings. The Morgan fingerprint density at radius 1 is 1.12 bits per heavy atom. The summed E-state index contributed by atoms with van der Waals surface area (Å²) in [5.41, 5.74) is 0.522. The number of ether oxygens (including phenoxy) is 1. The molecular weight excluding hydrogens is 348 g/mol. The number of hydrogen-bond donors (Lipinski definition) is 0. The zero-order valence-electron chi connectivity index (χ0n) is 15.6. The Bertz CT molecular complexity index is 734. The summed E-state index contributed by atoms with van der Waals surface area (Å²) in [6.45, 7) is 7.59. The molecule has 1 aromatic carbocycles. The lowest BCUT2D eigenvalue weighted by atomic mass is 10.1. The van der Waals surface area contributed by atoms with Gasteiger partial charge in [-0.05, 0) is 52.2 Å². The quantitative estimate of drug-likeness (QED) is 0.588. The molecule has 0 atom stereocenters. The first-order valence-corrected chi connectivity index (χ1v) is 10.0. The maximum absolute atomic E-state index is 12.1. The second-order valence-electron chi connectivity index (χ2n) is 7.38. The van der Waals surface area contributed by atoms with Gasteiger partial charge in [-0.3, -0.25) is 9.36 Å². The average Bonchev–Trinajstić information content (AvgIpc) is 3.04. The fourth-order valence-corrected chi connectivity index (χ4v) is 3.67. The van der Waals surface area contributed by atoms with Crippen LogP contribution in [-0.2, 0) is 9.53 Å². The van der Waals surface area contributed by atoms with Crippen LogP contribution in [0.5, 0.6) is 0 Å². The number of para-hydroxylation sites is 1. The van der Waals surface area contributed by atoms with Gasteiger partial charge in [-0.1, -0.05) is 30.0 Å². The Hall–Kier alpha value is -2.02. The van der Waals surface area contributed by atoms with Crippen molar-refractivity contribution in [2.45, 2.75) is 50.8 Å². The smallest absolute Gasteiger partial charge is 0.316 e. The number of benzene rings is 1. The lowest BCUT2D eigenvalue weighted by Gasteiger charge is -2.27. The molecular formula is C19H26N4O2S. The fourth-order valence-electron chi connectivity index (χ4n) is 2.95. The monoisotopic (exact) mass is 374 g/mol. The number of rotatable bonds is 5. The van der Waals surface area contributed by atoms with Crippen LogP contribution in [-0.4, -0.2) is 45.2 Å². The predicted octanol–water partition coefficient (Wildman–Crippen LogP) is 3.69. The Labute approximate surface area is 158 Å². The van der Waals surface area contributed by atoms with Crippen LogP contribution in [0.15, 0.2) is 35.5 Å². The van der Waals surface area contributed by atoms with E-state index >= 15 is 0 Å². The van der Waals surface area contributed by atoms with Gasteiger partial charge in [-0.15, -0.1) is 10.2 Å². The van der Waals surface area contributed by atoms with Gasteiger partial charge in [0.25, 0.3) is 0 Å². The predicted molar refractivity (Wildman–Crippen MR) is 104 cm³/mol.